The van der Waals surface area contributed by atoms with Gasteiger partial charge in [0.2, 0.25) is 5.95 Å². The van der Waals surface area contributed by atoms with Crippen molar-refractivity contribution >= 4 is 11.6 Å². The molecule has 0 aromatic carbocycles. The van der Waals surface area contributed by atoms with Crippen LogP contribution in [-0.2, 0) is 0 Å². The van der Waals surface area contributed by atoms with Crippen LogP contribution in [0.3, 0.4) is 0 Å². The molecule has 0 aliphatic heterocycles. The molecule has 19 heavy (non-hydrogen) atoms. The Morgan fingerprint density at radius 2 is 2.11 bits per heavy atom. The summed E-state index contributed by atoms with van der Waals surface area (Å²) in [5.41, 5.74) is 1.98. The zero-order chi connectivity index (χ0) is 13.8. The van der Waals surface area contributed by atoms with E-state index in [0.717, 1.165) is 24.1 Å². The molecular weight excluding hydrogens is 240 g/mol. The summed E-state index contributed by atoms with van der Waals surface area (Å²) in [4.78, 5) is 4.39. The minimum absolute atomic E-state index is 0.326. The largest absolute Gasteiger partial charge is 0.391 e. The molecule has 1 unspecified atom stereocenters. The summed E-state index contributed by atoms with van der Waals surface area (Å²) in [5, 5.41) is 17.5. The number of aliphatic hydroxyl groups excluding tert-OH is 1. The molecule has 0 bridgehead atoms. The van der Waals surface area contributed by atoms with Crippen LogP contribution in [-0.4, -0.2) is 32.4 Å². The molecule has 2 aromatic heterocycles. The number of fused-ring (bicyclic) bond motifs is 1. The Balaban J connectivity index is 2.01. The van der Waals surface area contributed by atoms with Crippen molar-refractivity contribution in [2.75, 3.05) is 11.9 Å². The zero-order valence-corrected chi connectivity index (χ0v) is 11.8. The summed E-state index contributed by atoms with van der Waals surface area (Å²) < 4.78 is 1.73. The molecule has 0 amide bonds. The van der Waals surface area contributed by atoms with Crippen LogP contribution in [0.4, 0.5) is 5.95 Å². The fraction of sp³-hybridized carbons (Fsp3) is 0.571. The van der Waals surface area contributed by atoms with Crippen LogP contribution in [0.2, 0.25) is 0 Å². The van der Waals surface area contributed by atoms with Crippen LogP contribution in [0.1, 0.15) is 32.3 Å². The van der Waals surface area contributed by atoms with Gasteiger partial charge in [0.15, 0.2) is 5.65 Å². The van der Waals surface area contributed by atoms with E-state index in [1.807, 2.05) is 25.3 Å². The molecule has 0 saturated carbocycles. The van der Waals surface area contributed by atoms with Gasteiger partial charge in [0.05, 0.1) is 6.10 Å². The third kappa shape index (κ3) is 3.23. The van der Waals surface area contributed by atoms with E-state index in [4.69, 9.17) is 0 Å². The van der Waals surface area contributed by atoms with Crippen molar-refractivity contribution in [2.24, 2.45) is 5.92 Å². The maximum Gasteiger partial charge on any atom is 0.243 e. The summed E-state index contributed by atoms with van der Waals surface area (Å²) in [6, 6.07) is 3.97. The van der Waals surface area contributed by atoms with Crippen LogP contribution in [0.15, 0.2) is 18.3 Å². The van der Waals surface area contributed by atoms with E-state index in [1.54, 1.807) is 4.52 Å². The lowest BCUT2D eigenvalue weighted by atomic mass is 9.97. The van der Waals surface area contributed by atoms with E-state index in [2.05, 4.69) is 29.2 Å². The molecule has 0 saturated heterocycles. The average molecular weight is 262 g/mol. The number of aryl methyl sites for hydroxylation is 1. The zero-order valence-electron chi connectivity index (χ0n) is 11.8. The van der Waals surface area contributed by atoms with Gasteiger partial charge in [-0.25, -0.2) is 4.52 Å². The normalized spacial score (nSPS) is 13.1. The molecule has 104 valence electrons. The molecule has 2 rings (SSSR count). The summed E-state index contributed by atoms with van der Waals surface area (Å²) in [7, 11) is 0. The standard InChI is InChI=1S/C14H22N4O/c1-4-11(5-2)12(19)9-15-14-16-13-8-10(3)6-7-18(13)17-14/h6-8,11-12,19H,4-5,9H2,1-3H3,(H,15,17). The van der Waals surface area contributed by atoms with Crippen molar-refractivity contribution < 1.29 is 5.11 Å². The Labute approximate surface area is 113 Å². The molecule has 2 heterocycles. The second-order valence-electron chi connectivity index (χ2n) is 4.97. The van der Waals surface area contributed by atoms with Gasteiger partial charge < -0.3 is 10.4 Å². The lowest BCUT2D eigenvalue weighted by Crippen LogP contribution is -2.28. The third-order valence-electron chi connectivity index (χ3n) is 3.56. The molecule has 0 aliphatic rings. The second-order valence-corrected chi connectivity index (χ2v) is 4.97. The van der Waals surface area contributed by atoms with Gasteiger partial charge in [-0.05, 0) is 30.5 Å². The number of anilines is 1. The van der Waals surface area contributed by atoms with Crippen molar-refractivity contribution in [3.8, 4) is 0 Å². The molecule has 1 atom stereocenters. The molecule has 5 heteroatoms. The highest BCUT2D eigenvalue weighted by molar-refractivity contribution is 5.45. The van der Waals surface area contributed by atoms with Gasteiger partial charge in [0, 0.05) is 12.7 Å². The monoisotopic (exact) mass is 262 g/mol. The Bertz CT molecular complexity index is 533. The van der Waals surface area contributed by atoms with Crippen LogP contribution < -0.4 is 5.32 Å². The lowest BCUT2D eigenvalue weighted by Gasteiger charge is -2.19. The Hall–Kier alpha value is -1.62. The predicted molar refractivity (Wildman–Crippen MR) is 76.3 cm³/mol. The van der Waals surface area contributed by atoms with E-state index in [0.29, 0.717) is 18.4 Å². The van der Waals surface area contributed by atoms with Gasteiger partial charge >= 0.3 is 0 Å². The molecule has 0 aliphatic carbocycles. The molecular formula is C14H22N4O. The number of pyridine rings is 1. The second kappa shape index (κ2) is 6.02. The first-order chi connectivity index (χ1) is 9.13. The lowest BCUT2D eigenvalue weighted by molar-refractivity contribution is 0.114. The molecule has 5 nitrogen and oxygen atoms in total. The number of aromatic nitrogens is 3. The number of aliphatic hydroxyl groups is 1. The highest BCUT2D eigenvalue weighted by atomic mass is 16.3. The molecule has 2 aromatic rings. The van der Waals surface area contributed by atoms with E-state index >= 15 is 0 Å². The van der Waals surface area contributed by atoms with Crippen molar-refractivity contribution in [3.05, 3.63) is 23.9 Å². The predicted octanol–water partition coefficient (Wildman–Crippen LogP) is 2.25. The first-order valence-corrected chi connectivity index (χ1v) is 6.89. The highest BCUT2D eigenvalue weighted by Crippen LogP contribution is 2.14. The summed E-state index contributed by atoms with van der Waals surface area (Å²) in [6.07, 6.45) is 3.50. The maximum absolute atomic E-state index is 10.1. The van der Waals surface area contributed by atoms with Crippen LogP contribution in [0.5, 0.6) is 0 Å². The number of hydrogen-bond donors (Lipinski definition) is 2. The van der Waals surface area contributed by atoms with Gasteiger partial charge in [-0.15, -0.1) is 5.10 Å². The SMILES string of the molecule is CCC(CC)C(O)CNc1nc2cc(C)ccn2n1. The molecule has 2 N–H and O–H groups in total. The van der Waals surface area contributed by atoms with Crippen LogP contribution in [0.25, 0.3) is 5.65 Å². The summed E-state index contributed by atoms with van der Waals surface area (Å²) in [6.45, 7) is 6.72. The van der Waals surface area contributed by atoms with Crippen molar-refractivity contribution in [1.82, 2.24) is 14.6 Å². The highest BCUT2D eigenvalue weighted by Gasteiger charge is 2.15. The third-order valence-corrected chi connectivity index (χ3v) is 3.56. The Morgan fingerprint density at radius 3 is 2.79 bits per heavy atom. The fourth-order valence-corrected chi connectivity index (χ4v) is 2.25. The Kier molecular flexibility index (Phi) is 4.37. The average Bonchev–Trinajstić information content (AvgIpc) is 2.79. The quantitative estimate of drug-likeness (QED) is 0.838. The van der Waals surface area contributed by atoms with E-state index in [9.17, 15) is 5.11 Å². The van der Waals surface area contributed by atoms with Crippen LogP contribution in [0, 0.1) is 12.8 Å². The number of nitrogens with zero attached hydrogens (tertiary/aromatic N) is 3. The number of hydrogen-bond acceptors (Lipinski definition) is 4. The van der Waals surface area contributed by atoms with Crippen molar-refractivity contribution in [2.45, 2.75) is 39.7 Å². The van der Waals surface area contributed by atoms with E-state index < -0.39 is 0 Å². The van der Waals surface area contributed by atoms with Crippen molar-refractivity contribution in [1.29, 1.82) is 0 Å². The molecule has 0 fully saturated rings. The summed E-state index contributed by atoms with van der Waals surface area (Å²) >= 11 is 0. The fourth-order valence-electron chi connectivity index (χ4n) is 2.25. The van der Waals surface area contributed by atoms with Gasteiger partial charge in [-0.1, -0.05) is 26.7 Å². The van der Waals surface area contributed by atoms with Gasteiger partial charge in [0.25, 0.3) is 0 Å². The van der Waals surface area contributed by atoms with Gasteiger partial charge in [-0.2, -0.15) is 4.98 Å². The number of rotatable bonds is 6. The maximum atomic E-state index is 10.1. The first kappa shape index (κ1) is 13.8. The van der Waals surface area contributed by atoms with E-state index in [1.165, 1.54) is 0 Å². The first-order valence-electron chi connectivity index (χ1n) is 6.89. The minimum atomic E-state index is -0.358. The minimum Gasteiger partial charge on any atom is -0.391 e. The van der Waals surface area contributed by atoms with E-state index in [-0.39, 0.29) is 6.10 Å². The van der Waals surface area contributed by atoms with Crippen molar-refractivity contribution in [3.63, 3.8) is 0 Å². The molecule has 0 radical (unpaired) electrons. The van der Waals surface area contributed by atoms with Crippen LogP contribution >= 0.6 is 0 Å². The Morgan fingerprint density at radius 1 is 1.37 bits per heavy atom. The smallest absolute Gasteiger partial charge is 0.243 e. The topological polar surface area (TPSA) is 62.5 Å². The van der Waals surface area contributed by atoms with Gasteiger partial charge in [-0.3, -0.25) is 0 Å². The summed E-state index contributed by atoms with van der Waals surface area (Å²) in [5.74, 6) is 0.891. The number of nitrogens with one attached hydrogen (secondary N) is 1. The molecule has 0 spiro atoms. The van der Waals surface area contributed by atoms with Gasteiger partial charge in [0.1, 0.15) is 0 Å².